The molecule has 1 aliphatic heterocycles. The van der Waals surface area contributed by atoms with Gasteiger partial charge in [0.25, 0.3) is 0 Å². The number of aliphatic imine (C=N–C) groups is 1. The van der Waals surface area contributed by atoms with Gasteiger partial charge in [-0.1, -0.05) is 39.7 Å². The van der Waals surface area contributed by atoms with Crippen molar-refractivity contribution in [2.45, 2.75) is 13.5 Å². The zero-order valence-corrected chi connectivity index (χ0v) is 15.2. The summed E-state index contributed by atoms with van der Waals surface area (Å²) in [5, 5.41) is 0.465. The summed E-state index contributed by atoms with van der Waals surface area (Å²) in [6.45, 7) is 2.72. The van der Waals surface area contributed by atoms with Crippen LogP contribution in [0.3, 0.4) is 0 Å². The first-order valence-corrected chi connectivity index (χ1v) is 8.68. The van der Waals surface area contributed by atoms with Crippen LogP contribution in [0.2, 0.25) is 0 Å². The second-order valence-corrected chi connectivity index (χ2v) is 7.16. The largest absolute Gasteiger partial charge is 0.340 e. The van der Waals surface area contributed by atoms with Gasteiger partial charge in [-0.15, -0.1) is 0 Å². The van der Waals surface area contributed by atoms with Gasteiger partial charge < -0.3 is 4.57 Å². The molecule has 0 radical (unpaired) electrons. The van der Waals surface area contributed by atoms with E-state index in [4.69, 9.17) is 11.6 Å². The Hall–Kier alpha value is -1.91. The number of hydrogen-bond acceptors (Lipinski definition) is 1. The van der Waals surface area contributed by atoms with Crippen LogP contribution in [0, 0.1) is 12.7 Å². The van der Waals surface area contributed by atoms with Crippen molar-refractivity contribution in [1.82, 2.24) is 4.57 Å². The van der Waals surface area contributed by atoms with E-state index in [9.17, 15) is 4.39 Å². The van der Waals surface area contributed by atoms with Gasteiger partial charge in [0.2, 0.25) is 0 Å². The van der Waals surface area contributed by atoms with Crippen LogP contribution >= 0.6 is 27.5 Å². The van der Waals surface area contributed by atoms with Crippen molar-refractivity contribution in [2.75, 3.05) is 0 Å². The van der Waals surface area contributed by atoms with Gasteiger partial charge in [0.15, 0.2) is 5.17 Å². The Morgan fingerprint density at radius 2 is 1.88 bits per heavy atom. The third-order valence-electron chi connectivity index (χ3n) is 4.18. The molecule has 5 heteroatoms. The average molecular weight is 404 g/mol. The lowest BCUT2D eigenvalue weighted by molar-refractivity contribution is 0.628. The number of hydrogen-bond donors (Lipinski definition) is 0. The number of benzene rings is 2. The monoisotopic (exact) mass is 402 g/mol. The van der Waals surface area contributed by atoms with Gasteiger partial charge in [-0.2, -0.15) is 0 Å². The van der Waals surface area contributed by atoms with Crippen molar-refractivity contribution < 1.29 is 4.39 Å². The molecule has 0 aliphatic carbocycles. The van der Waals surface area contributed by atoms with Crippen LogP contribution in [-0.2, 0) is 6.54 Å². The van der Waals surface area contributed by atoms with Gasteiger partial charge in [0, 0.05) is 22.8 Å². The van der Waals surface area contributed by atoms with Gasteiger partial charge in [-0.05, 0) is 53.9 Å². The molecule has 24 heavy (non-hydrogen) atoms. The first kappa shape index (κ1) is 15.6. The molecule has 0 fully saturated rings. The molecule has 0 N–H and O–H groups in total. The summed E-state index contributed by atoms with van der Waals surface area (Å²) in [6, 6.07) is 12.6. The minimum Gasteiger partial charge on any atom is -0.340 e. The molecule has 0 atom stereocenters. The maximum atomic E-state index is 13.1. The van der Waals surface area contributed by atoms with E-state index in [1.54, 1.807) is 12.1 Å². The maximum absolute atomic E-state index is 13.1. The van der Waals surface area contributed by atoms with Crippen LogP contribution in [0.5, 0.6) is 0 Å². The summed E-state index contributed by atoms with van der Waals surface area (Å²) < 4.78 is 16.2. The van der Waals surface area contributed by atoms with Crippen molar-refractivity contribution in [3.8, 4) is 11.1 Å². The highest BCUT2D eigenvalue weighted by atomic mass is 79.9. The SMILES string of the molecule is Cc1cc(Br)cc2c1N=C(Cl)c1cc(-c3ccc(F)cc3)cn1C2. The Labute approximate surface area is 152 Å². The van der Waals surface area contributed by atoms with Crippen LogP contribution in [-0.4, -0.2) is 9.74 Å². The predicted octanol–water partition coefficient (Wildman–Crippen LogP) is 6.04. The summed E-state index contributed by atoms with van der Waals surface area (Å²) in [6.07, 6.45) is 2.03. The lowest BCUT2D eigenvalue weighted by atomic mass is 10.1. The quantitative estimate of drug-likeness (QED) is 0.471. The Kier molecular flexibility index (Phi) is 3.82. The van der Waals surface area contributed by atoms with E-state index >= 15 is 0 Å². The summed E-state index contributed by atoms with van der Waals surface area (Å²) in [7, 11) is 0. The topological polar surface area (TPSA) is 17.3 Å². The second-order valence-electron chi connectivity index (χ2n) is 5.88. The molecule has 0 amide bonds. The zero-order chi connectivity index (χ0) is 16.8. The minimum absolute atomic E-state index is 0.242. The van der Waals surface area contributed by atoms with Gasteiger partial charge in [-0.3, -0.25) is 0 Å². The third-order valence-corrected chi connectivity index (χ3v) is 4.92. The molecular weight excluding hydrogens is 391 g/mol. The lowest BCUT2D eigenvalue weighted by Gasteiger charge is -2.09. The van der Waals surface area contributed by atoms with Crippen molar-refractivity contribution in [2.24, 2.45) is 4.99 Å². The number of halogens is 3. The van der Waals surface area contributed by atoms with Crippen molar-refractivity contribution in [3.05, 3.63) is 75.8 Å². The highest BCUT2D eigenvalue weighted by Crippen LogP contribution is 2.34. The fraction of sp³-hybridized carbons (Fsp3) is 0.105. The third kappa shape index (κ3) is 2.70. The fourth-order valence-electron chi connectivity index (χ4n) is 3.04. The molecule has 120 valence electrons. The zero-order valence-electron chi connectivity index (χ0n) is 12.9. The number of rotatable bonds is 1. The van der Waals surface area contributed by atoms with Crippen LogP contribution in [0.25, 0.3) is 11.1 Å². The van der Waals surface area contributed by atoms with E-state index in [0.717, 1.165) is 38.1 Å². The molecule has 1 aromatic heterocycles. The number of nitrogens with zero attached hydrogens (tertiary/aromatic N) is 2. The van der Waals surface area contributed by atoms with E-state index < -0.39 is 0 Å². The van der Waals surface area contributed by atoms with Crippen LogP contribution in [0.1, 0.15) is 16.8 Å². The van der Waals surface area contributed by atoms with Gasteiger partial charge in [0.1, 0.15) is 5.82 Å². The van der Waals surface area contributed by atoms with E-state index in [2.05, 4.69) is 31.6 Å². The molecule has 0 spiro atoms. The van der Waals surface area contributed by atoms with Gasteiger partial charge in [-0.25, -0.2) is 9.38 Å². The molecule has 1 aliphatic rings. The normalized spacial score (nSPS) is 13.1. The van der Waals surface area contributed by atoms with Crippen LogP contribution in [0.4, 0.5) is 10.1 Å². The minimum atomic E-state index is -0.242. The Morgan fingerprint density at radius 1 is 1.12 bits per heavy atom. The Bertz CT molecular complexity index is 974. The highest BCUT2D eigenvalue weighted by molar-refractivity contribution is 9.10. The van der Waals surface area contributed by atoms with Crippen LogP contribution in [0.15, 0.2) is 58.1 Å². The maximum Gasteiger partial charge on any atom is 0.153 e. The van der Waals surface area contributed by atoms with E-state index in [1.165, 1.54) is 12.1 Å². The predicted molar refractivity (Wildman–Crippen MR) is 99.9 cm³/mol. The standard InChI is InChI=1S/C19H13BrClFN2/c1-11-6-15(20)7-14-10-24-9-13(12-2-4-16(22)5-3-12)8-17(24)19(21)23-18(11)14/h2-9H,10H2,1H3. The molecule has 3 aromatic rings. The Morgan fingerprint density at radius 3 is 2.62 bits per heavy atom. The molecule has 0 saturated heterocycles. The number of aromatic nitrogens is 1. The van der Waals surface area contributed by atoms with E-state index in [1.807, 2.05) is 25.3 Å². The number of aryl methyl sites for hydroxylation is 1. The second kappa shape index (κ2) is 5.87. The van der Waals surface area contributed by atoms with E-state index in [-0.39, 0.29) is 5.82 Å². The highest BCUT2D eigenvalue weighted by Gasteiger charge is 2.19. The molecular formula is C19H13BrClFN2. The summed E-state index contributed by atoms with van der Waals surface area (Å²) in [5.74, 6) is -0.242. The fourth-order valence-corrected chi connectivity index (χ4v) is 3.91. The molecule has 2 nitrogen and oxygen atoms in total. The first-order valence-electron chi connectivity index (χ1n) is 7.51. The van der Waals surface area contributed by atoms with Crippen molar-refractivity contribution in [1.29, 1.82) is 0 Å². The van der Waals surface area contributed by atoms with Crippen molar-refractivity contribution in [3.63, 3.8) is 0 Å². The van der Waals surface area contributed by atoms with Gasteiger partial charge in [0.05, 0.1) is 11.4 Å². The molecule has 0 saturated carbocycles. The smallest absolute Gasteiger partial charge is 0.153 e. The average Bonchev–Trinajstić information content (AvgIpc) is 2.90. The molecule has 2 aromatic carbocycles. The summed E-state index contributed by atoms with van der Waals surface area (Å²) in [5.41, 5.74) is 5.93. The molecule has 4 rings (SSSR count). The first-order chi connectivity index (χ1) is 11.5. The Balaban J connectivity index is 1.84. The van der Waals surface area contributed by atoms with Gasteiger partial charge >= 0.3 is 0 Å². The van der Waals surface area contributed by atoms with Crippen LogP contribution < -0.4 is 0 Å². The molecule has 0 unspecified atom stereocenters. The van der Waals surface area contributed by atoms with Crippen molar-refractivity contribution >= 4 is 38.4 Å². The number of fused-ring (bicyclic) bond motifs is 2. The molecule has 2 heterocycles. The summed E-state index contributed by atoms with van der Waals surface area (Å²) >= 11 is 10.0. The molecule has 0 bridgehead atoms. The lowest BCUT2D eigenvalue weighted by Crippen LogP contribution is -2.03. The summed E-state index contributed by atoms with van der Waals surface area (Å²) in [4.78, 5) is 4.62. The van der Waals surface area contributed by atoms with E-state index in [0.29, 0.717) is 11.7 Å².